The van der Waals surface area contributed by atoms with E-state index in [1.165, 1.54) is 6.07 Å². The van der Waals surface area contributed by atoms with Crippen LogP contribution in [0.25, 0.3) is 0 Å². The number of alkyl halides is 3. The lowest BCUT2D eigenvalue weighted by molar-refractivity contribution is -0.137. The van der Waals surface area contributed by atoms with Crippen LogP contribution >= 0.6 is 0 Å². The van der Waals surface area contributed by atoms with E-state index in [1.807, 2.05) is 18.7 Å². The standard InChI is InChI=1S/C12H16F3N3.C6H14N2/c1-8-7-18(9(2)5-16-8)11-4-3-10(6-17-11)12(13,14)15;1-5-3-8-6(2)4-7-5/h3-4,6,8-9,16H,5,7H2,1-2H3;5-8H,3-4H2,1-2H3/t;5-,6+. The Morgan fingerprint density at radius 2 is 1.50 bits per heavy atom. The molecule has 0 spiro atoms. The van der Waals surface area contributed by atoms with Crippen molar-refractivity contribution in [3.8, 4) is 0 Å². The third-order valence-corrected chi connectivity index (χ3v) is 4.68. The Morgan fingerprint density at radius 1 is 0.923 bits per heavy atom. The average Bonchev–Trinajstić information content (AvgIpc) is 2.60. The maximum Gasteiger partial charge on any atom is 0.417 e. The van der Waals surface area contributed by atoms with Crippen molar-refractivity contribution >= 4 is 5.82 Å². The maximum absolute atomic E-state index is 12.4. The van der Waals surface area contributed by atoms with E-state index in [4.69, 9.17) is 0 Å². The lowest BCUT2D eigenvalue weighted by Crippen LogP contribution is -2.54. The molecular formula is C18H30F3N5. The Kier molecular flexibility index (Phi) is 7.25. The predicted octanol–water partition coefficient (Wildman–Crippen LogP) is 2.24. The minimum absolute atomic E-state index is 0.227. The van der Waals surface area contributed by atoms with Gasteiger partial charge in [0, 0.05) is 56.5 Å². The molecule has 2 aliphatic heterocycles. The van der Waals surface area contributed by atoms with Gasteiger partial charge in [-0.05, 0) is 39.8 Å². The van der Waals surface area contributed by atoms with Crippen LogP contribution in [0, 0.1) is 0 Å². The van der Waals surface area contributed by atoms with Crippen LogP contribution in [-0.4, -0.2) is 55.3 Å². The highest BCUT2D eigenvalue weighted by atomic mass is 19.4. The summed E-state index contributed by atoms with van der Waals surface area (Å²) < 4.78 is 37.3. The lowest BCUT2D eigenvalue weighted by atomic mass is 10.1. The van der Waals surface area contributed by atoms with Crippen LogP contribution in [0.2, 0.25) is 0 Å². The van der Waals surface area contributed by atoms with Crippen molar-refractivity contribution < 1.29 is 13.2 Å². The maximum atomic E-state index is 12.4. The zero-order chi connectivity index (χ0) is 19.3. The van der Waals surface area contributed by atoms with Gasteiger partial charge in [0.15, 0.2) is 0 Å². The van der Waals surface area contributed by atoms with E-state index in [0.29, 0.717) is 23.9 Å². The second-order valence-electron chi connectivity index (χ2n) is 7.33. The molecule has 3 rings (SSSR count). The number of rotatable bonds is 1. The van der Waals surface area contributed by atoms with Crippen LogP contribution in [0.1, 0.15) is 33.3 Å². The second kappa shape index (κ2) is 9.01. The molecule has 1 aromatic rings. The summed E-state index contributed by atoms with van der Waals surface area (Å²) in [7, 11) is 0. The average molecular weight is 373 g/mol. The quantitative estimate of drug-likeness (QED) is 0.705. The molecule has 0 saturated carbocycles. The highest BCUT2D eigenvalue weighted by Crippen LogP contribution is 2.29. The van der Waals surface area contributed by atoms with Gasteiger partial charge in [0.05, 0.1) is 5.56 Å². The zero-order valence-corrected chi connectivity index (χ0v) is 15.9. The van der Waals surface area contributed by atoms with Gasteiger partial charge >= 0.3 is 6.18 Å². The first-order valence-electron chi connectivity index (χ1n) is 9.17. The van der Waals surface area contributed by atoms with E-state index in [2.05, 4.69) is 34.8 Å². The van der Waals surface area contributed by atoms with Gasteiger partial charge in [0.2, 0.25) is 0 Å². The van der Waals surface area contributed by atoms with E-state index in [9.17, 15) is 13.2 Å². The number of hydrogen-bond donors (Lipinski definition) is 3. The molecule has 3 N–H and O–H groups in total. The fourth-order valence-electron chi connectivity index (χ4n) is 2.96. The van der Waals surface area contributed by atoms with Crippen molar-refractivity contribution in [2.24, 2.45) is 0 Å². The molecule has 5 nitrogen and oxygen atoms in total. The van der Waals surface area contributed by atoms with Crippen LogP contribution in [0.15, 0.2) is 18.3 Å². The first-order chi connectivity index (χ1) is 12.2. The lowest BCUT2D eigenvalue weighted by Gasteiger charge is -2.38. The van der Waals surface area contributed by atoms with Crippen molar-refractivity contribution in [3.63, 3.8) is 0 Å². The van der Waals surface area contributed by atoms with Gasteiger partial charge in [-0.3, -0.25) is 0 Å². The van der Waals surface area contributed by atoms with Gasteiger partial charge in [-0.25, -0.2) is 4.98 Å². The molecule has 26 heavy (non-hydrogen) atoms. The molecule has 1 aromatic heterocycles. The SMILES string of the molecule is CC1CN(c2ccc(C(F)(F)F)cn2)C(C)CN1.C[C@@H]1CN[C@@H](C)CN1. The number of piperazine rings is 2. The molecule has 2 fully saturated rings. The molecule has 2 saturated heterocycles. The molecule has 148 valence electrons. The van der Waals surface area contributed by atoms with Crippen molar-refractivity contribution in [2.45, 2.75) is 58.0 Å². The molecule has 2 unspecified atom stereocenters. The largest absolute Gasteiger partial charge is 0.417 e. The van der Waals surface area contributed by atoms with E-state index in [1.54, 1.807) is 0 Å². The molecule has 8 heteroatoms. The predicted molar refractivity (Wildman–Crippen MR) is 98.4 cm³/mol. The third-order valence-electron chi connectivity index (χ3n) is 4.68. The normalized spacial score (nSPS) is 29.7. The highest BCUT2D eigenvalue weighted by Gasteiger charge is 2.31. The summed E-state index contributed by atoms with van der Waals surface area (Å²) in [6.45, 7) is 12.2. The summed E-state index contributed by atoms with van der Waals surface area (Å²) in [5.74, 6) is 0.601. The van der Waals surface area contributed by atoms with Crippen LogP contribution < -0.4 is 20.9 Å². The molecular weight excluding hydrogens is 343 g/mol. The summed E-state index contributed by atoms with van der Waals surface area (Å²) >= 11 is 0. The van der Waals surface area contributed by atoms with Crippen LogP contribution in [-0.2, 0) is 6.18 Å². The van der Waals surface area contributed by atoms with Gasteiger partial charge in [-0.2, -0.15) is 13.2 Å². The van der Waals surface area contributed by atoms with E-state index >= 15 is 0 Å². The van der Waals surface area contributed by atoms with Crippen LogP contribution in [0.5, 0.6) is 0 Å². The first-order valence-corrected chi connectivity index (χ1v) is 9.17. The van der Waals surface area contributed by atoms with Crippen molar-refractivity contribution in [1.29, 1.82) is 0 Å². The molecule has 0 amide bonds. The smallest absolute Gasteiger partial charge is 0.351 e. The molecule has 4 atom stereocenters. The van der Waals surface area contributed by atoms with Crippen molar-refractivity contribution in [3.05, 3.63) is 23.9 Å². The summed E-state index contributed by atoms with van der Waals surface area (Å²) in [6.07, 6.45) is -3.43. The fourth-order valence-corrected chi connectivity index (χ4v) is 2.96. The number of hydrogen-bond acceptors (Lipinski definition) is 5. The van der Waals surface area contributed by atoms with Gasteiger partial charge in [-0.15, -0.1) is 0 Å². The molecule has 3 heterocycles. The van der Waals surface area contributed by atoms with Gasteiger partial charge in [0.1, 0.15) is 5.82 Å². The van der Waals surface area contributed by atoms with Gasteiger partial charge < -0.3 is 20.9 Å². The first kappa shape index (κ1) is 20.9. The second-order valence-corrected chi connectivity index (χ2v) is 7.33. The highest BCUT2D eigenvalue weighted by molar-refractivity contribution is 5.42. The Balaban J connectivity index is 0.000000254. The number of nitrogens with zero attached hydrogens (tertiary/aromatic N) is 2. The van der Waals surface area contributed by atoms with E-state index < -0.39 is 11.7 Å². The Hall–Kier alpha value is -1.38. The van der Waals surface area contributed by atoms with Crippen molar-refractivity contribution in [1.82, 2.24) is 20.9 Å². The van der Waals surface area contributed by atoms with Gasteiger partial charge in [-0.1, -0.05) is 0 Å². The molecule has 0 radical (unpaired) electrons. The number of anilines is 1. The van der Waals surface area contributed by atoms with E-state index in [0.717, 1.165) is 38.4 Å². The third kappa shape index (κ3) is 6.10. The van der Waals surface area contributed by atoms with Crippen LogP contribution in [0.4, 0.5) is 19.0 Å². The summed E-state index contributed by atoms with van der Waals surface area (Å²) in [5.41, 5.74) is -0.706. The zero-order valence-electron chi connectivity index (χ0n) is 15.9. The molecule has 0 aliphatic carbocycles. The Labute approximate surface area is 153 Å². The molecule has 0 aromatic carbocycles. The summed E-state index contributed by atoms with van der Waals surface area (Å²) in [4.78, 5) is 5.96. The number of pyridine rings is 1. The minimum Gasteiger partial charge on any atom is -0.351 e. The minimum atomic E-state index is -4.33. The molecule has 0 bridgehead atoms. The van der Waals surface area contributed by atoms with E-state index in [-0.39, 0.29) is 6.04 Å². The number of halogens is 3. The fraction of sp³-hybridized carbons (Fsp3) is 0.722. The topological polar surface area (TPSA) is 52.2 Å². The number of nitrogens with one attached hydrogen (secondary N) is 3. The Bertz CT molecular complexity index is 531. The number of aromatic nitrogens is 1. The summed E-state index contributed by atoms with van der Waals surface area (Å²) in [6, 6.07) is 4.38. The molecule has 2 aliphatic rings. The Morgan fingerprint density at radius 3 is 1.96 bits per heavy atom. The summed E-state index contributed by atoms with van der Waals surface area (Å²) in [5, 5.41) is 10.1. The van der Waals surface area contributed by atoms with Gasteiger partial charge in [0.25, 0.3) is 0 Å². The van der Waals surface area contributed by atoms with Crippen LogP contribution in [0.3, 0.4) is 0 Å². The van der Waals surface area contributed by atoms with Crippen molar-refractivity contribution in [2.75, 3.05) is 31.1 Å². The monoisotopic (exact) mass is 373 g/mol.